The first-order valence-electron chi connectivity index (χ1n) is 4.98. The van der Waals surface area contributed by atoms with E-state index in [1.165, 1.54) is 32.1 Å². The Balaban J connectivity index is 2.26. The predicted molar refractivity (Wildman–Crippen MR) is 53.0 cm³/mol. The lowest BCUT2D eigenvalue weighted by molar-refractivity contribution is 0.821. The molecule has 0 nitrogen and oxygen atoms in total. The molecule has 0 saturated carbocycles. The summed E-state index contributed by atoms with van der Waals surface area (Å²) < 4.78 is 0. The molecule has 0 atom stereocenters. The van der Waals surface area contributed by atoms with E-state index >= 15 is 0 Å². The highest BCUT2D eigenvalue weighted by molar-refractivity contribution is 5.41. The van der Waals surface area contributed by atoms with Crippen molar-refractivity contribution in [2.75, 3.05) is 0 Å². The maximum absolute atomic E-state index is 2.43. The van der Waals surface area contributed by atoms with Gasteiger partial charge < -0.3 is 0 Å². The van der Waals surface area contributed by atoms with Crippen LogP contribution in [0, 0.1) is 0 Å². The van der Waals surface area contributed by atoms with Crippen LogP contribution in [0.4, 0.5) is 0 Å². The zero-order chi connectivity index (χ0) is 8.39. The van der Waals surface area contributed by atoms with Crippen molar-refractivity contribution in [2.45, 2.75) is 39.0 Å². The molecule has 0 fully saturated rings. The van der Waals surface area contributed by atoms with Gasteiger partial charge in [0.25, 0.3) is 0 Å². The lowest BCUT2D eigenvalue weighted by Crippen LogP contribution is -2.00. The summed E-state index contributed by atoms with van der Waals surface area (Å²) in [4.78, 5) is 0. The van der Waals surface area contributed by atoms with E-state index in [1.54, 1.807) is 16.7 Å². The fourth-order valence-electron chi connectivity index (χ4n) is 2.03. The maximum atomic E-state index is 2.43. The number of rotatable bonds is 1. The molecular formula is C12H16. The topological polar surface area (TPSA) is 0 Å². The van der Waals surface area contributed by atoms with Crippen molar-refractivity contribution < 1.29 is 0 Å². The molecule has 2 rings (SSSR count). The van der Waals surface area contributed by atoms with Gasteiger partial charge >= 0.3 is 0 Å². The molecule has 0 aliphatic heterocycles. The quantitative estimate of drug-likeness (QED) is 0.548. The molecule has 0 aromatic heterocycles. The van der Waals surface area contributed by atoms with E-state index in [4.69, 9.17) is 0 Å². The lowest BCUT2D eigenvalue weighted by atomic mass is 9.86. The van der Waals surface area contributed by atoms with Crippen LogP contribution in [0.2, 0.25) is 0 Å². The smallest absolute Gasteiger partial charge is 0.0239 e. The lowest BCUT2D eigenvalue weighted by Gasteiger charge is -2.19. The molecule has 0 radical (unpaired) electrons. The number of allylic oxidation sites excluding steroid dienone is 6. The Morgan fingerprint density at radius 2 is 2.08 bits per heavy atom. The molecule has 0 bridgehead atoms. The van der Waals surface area contributed by atoms with Gasteiger partial charge in [-0.25, -0.2) is 0 Å². The SMILES string of the molecule is CCC1=CC2=C(C=CCC2)CC1. The minimum atomic E-state index is 1.24. The molecule has 12 heavy (non-hydrogen) atoms. The largest absolute Gasteiger partial charge is 0.0839 e. The Morgan fingerprint density at radius 3 is 2.92 bits per heavy atom. The van der Waals surface area contributed by atoms with Gasteiger partial charge in [0.15, 0.2) is 0 Å². The first-order chi connectivity index (χ1) is 5.90. The molecule has 0 unspecified atom stereocenters. The van der Waals surface area contributed by atoms with Crippen LogP contribution in [0.25, 0.3) is 0 Å². The maximum Gasteiger partial charge on any atom is -0.0239 e. The fraction of sp³-hybridized carbons (Fsp3) is 0.500. The normalized spacial score (nSPS) is 22.2. The molecular weight excluding hydrogens is 144 g/mol. The molecule has 0 saturated heterocycles. The van der Waals surface area contributed by atoms with Gasteiger partial charge in [-0.3, -0.25) is 0 Å². The summed E-state index contributed by atoms with van der Waals surface area (Å²) in [6, 6.07) is 0. The molecule has 64 valence electrons. The molecule has 0 spiro atoms. The molecule has 0 N–H and O–H groups in total. The molecule has 0 aromatic carbocycles. The van der Waals surface area contributed by atoms with Crippen molar-refractivity contribution >= 4 is 0 Å². The first-order valence-corrected chi connectivity index (χ1v) is 4.98. The van der Waals surface area contributed by atoms with Gasteiger partial charge in [-0.1, -0.05) is 30.7 Å². The van der Waals surface area contributed by atoms with Crippen LogP contribution >= 0.6 is 0 Å². The van der Waals surface area contributed by atoms with Gasteiger partial charge in [-0.2, -0.15) is 0 Å². The zero-order valence-electron chi connectivity index (χ0n) is 7.77. The van der Waals surface area contributed by atoms with E-state index in [2.05, 4.69) is 25.2 Å². The summed E-state index contributed by atoms with van der Waals surface area (Å²) in [5.41, 5.74) is 4.85. The zero-order valence-corrected chi connectivity index (χ0v) is 7.77. The summed E-state index contributed by atoms with van der Waals surface area (Å²) in [7, 11) is 0. The predicted octanol–water partition coefficient (Wildman–Crippen LogP) is 3.76. The van der Waals surface area contributed by atoms with E-state index in [1.807, 2.05) is 0 Å². The molecule has 0 aromatic rings. The Labute approximate surface area is 74.7 Å². The van der Waals surface area contributed by atoms with Crippen LogP contribution in [0.15, 0.2) is 34.9 Å². The summed E-state index contributed by atoms with van der Waals surface area (Å²) in [5.74, 6) is 0. The van der Waals surface area contributed by atoms with Gasteiger partial charge in [0.1, 0.15) is 0 Å². The second-order valence-electron chi connectivity index (χ2n) is 3.65. The van der Waals surface area contributed by atoms with E-state index < -0.39 is 0 Å². The minimum absolute atomic E-state index is 1.24. The van der Waals surface area contributed by atoms with Crippen molar-refractivity contribution in [3.8, 4) is 0 Å². The highest BCUT2D eigenvalue weighted by atomic mass is 14.2. The molecule has 0 heteroatoms. The van der Waals surface area contributed by atoms with Crippen molar-refractivity contribution in [3.05, 3.63) is 34.9 Å². The van der Waals surface area contributed by atoms with Crippen molar-refractivity contribution in [1.82, 2.24) is 0 Å². The van der Waals surface area contributed by atoms with E-state index in [-0.39, 0.29) is 0 Å². The number of hydrogen-bond donors (Lipinski definition) is 0. The molecule has 2 aliphatic rings. The fourth-order valence-corrected chi connectivity index (χ4v) is 2.03. The van der Waals surface area contributed by atoms with Crippen molar-refractivity contribution in [3.63, 3.8) is 0 Å². The molecule has 2 aliphatic carbocycles. The van der Waals surface area contributed by atoms with E-state index in [0.29, 0.717) is 0 Å². The Bertz CT molecular complexity index is 264. The average Bonchev–Trinajstić information content (AvgIpc) is 2.17. The third-order valence-corrected chi connectivity index (χ3v) is 2.86. The molecule has 0 heterocycles. The third kappa shape index (κ3) is 1.38. The van der Waals surface area contributed by atoms with Gasteiger partial charge in [-0.05, 0) is 43.3 Å². The van der Waals surface area contributed by atoms with Crippen LogP contribution in [0.1, 0.15) is 39.0 Å². The van der Waals surface area contributed by atoms with Gasteiger partial charge in [0, 0.05) is 0 Å². The monoisotopic (exact) mass is 160 g/mol. The second-order valence-corrected chi connectivity index (χ2v) is 3.65. The van der Waals surface area contributed by atoms with Crippen molar-refractivity contribution in [1.29, 1.82) is 0 Å². The summed E-state index contributed by atoms with van der Waals surface area (Å²) in [6.45, 7) is 2.26. The van der Waals surface area contributed by atoms with Crippen LogP contribution in [0.3, 0.4) is 0 Å². The summed E-state index contributed by atoms with van der Waals surface area (Å²) >= 11 is 0. The van der Waals surface area contributed by atoms with Gasteiger partial charge in [0.2, 0.25) is 0 Å². The van der Waals surface area contributed by atoms with Crippen LogP contribution in [0.5, 0.6) is 0 Å². The highest BCUT2D eigenvalue weighted by Gasteiger charge is 2.11. The third-order valence-electron chi connectivity index (χ3n) is 2.86. The summed E-state index contributed by atoms with van der Waals surface area (Å²) in [6.07, 6.45) is 13.4. The van der Waals surface area contributed by atoms with Crippen LogP contribution in [-0.4, -0.2) is 0 Å². The van der Waals surface area contributed by atoms with E-state index in [9.17, 15) is 0 Å². The Hall–Kier alpha value is -0.780. The number of hydrogen-bond acceptors (Lipinski definition) is 0. The minimum Gasteiger partial charge on any atom is -0.0839 e. The Morgan fingerprint density at radius 1 is 1.17 bits per heavy atom. The molecule has 0 amide bonds. The van der Waals surface area contributed by atoms with Gasteiger partial charge in [-0.15, -0.1) is 0 Å². The highest BCUT2D eigenvalue weighted by Crippen LogP contribution is 2.31. The van der Waals surface area contributed by atoms with Crippen LogP contribution < -0.4 is 0 Å². The average molecular weight is 160 g/mol. The van der Waals surface area contributed by atoms with Crippen molar-refractivity contribution in [2.24, 2.45) is 0 Å². The first kappa shape index (κ1) is 7.85. The second kappa shape index (κ2) is 3.30. The standard InChI is InChI=1S/C12H16/c1-2-10-7-8-11-5-3-4-6-12(11)9-10/h3,5,9H,2,4,6-8H2,1H3. The van der Waals surface area contributed by atoms with Crippen LogP contribution in [-0.2, 0) is 0 Å². The summed E-state index contributed by atoms with van der Waals surface area (Å²) in [5, 5.41) is 0. The van der Waals surface area contributed by atoms with E-state index in [0.717, 1.165) is 0 Å². The Kier molecular flexibility index (Phi) is 2.16. The van der Waals surface area contributed by atoms with Gasteiger partial charge in [0.05, 0.1) is 0 Å².